The zero-order valence-electron chi connectivity index (χ0n) is 19.9. The van der Waals surface area contributed by atoms with E-state index >= 15 is 0 Å². The van der Waals surface area contributed by atoms with Crippen LogP contribution in [0.4, 0.5) is 15.3 Å². The van der Waals surface area contributed by atoms with Crippen molar-refractivity contribution in [2.24, 2.45) is 0 Å². The molecule has 0 saturated heterocycles. The first-order valence-electron chi connectivity index (χ1n) is 10.8. The Morgan fingerprint density at radius 1 is 0.848 bits per heavy atom. The number of ether oxygens (including phenoxy) is 2. The zero-order valence-corrected chi connectivity index (χ0v) is 19.9. The molecule has 0 heterocycles. The molecule has 0 bridgehead atoms. The Morgan fingerprint density at radius 2 is 1.33 bits per heavy atom. The Bertz CT molecular complexity index is 988. The van der Waals surface area contributed by atoms with Gasteiger partial charge in [-0.2, -0.15) is 0 Å². The summed E-state index contributed by atoms with van der Waals surface area (Å²) in [4.78, 5) is 37.3. The molecule has 2 unspecified atom stereocenters. The summed E-state index contributed by atoms with van der Waals surface area (Å²) in [6, 6.07) is 12.1. The molecule has 0 saturated carbocycles. The summed E-state index contributed by atoms with van der Waals surface area (Å²) < 4.78 is 10.5. The average Bonchev–Trinajstić information content (AvgIpc) is 2.78. The lowest BCUT2D eigenvalue weighted by Gasteiger charge is -2.26. The number of nitro benzene ring substituents is 1. The topological polar surface area (TPSA) is 102 Å². The lowest BCUT2D eigenvalue weighted by Crippen LogP contribution is -2.25. The second-order valence-corrected chi connectivity index (χ2v) is 8.11. The zero-order chi connectivity index (χ0) is 24.7. The molecule has 2 atom stereocenters. The van der Waals surface area contributed by atoms with Crippen LogP contribution < -0.4 is 9.47 Å². The van der Waals surface area contributed by atoms with Crippen LogP contribution in [-0.4, -0.2) is 55.1 Å². The van der Waals surface area contributed by atoms with Gasteiger partial charge in [0.05, 0.1) is 4.92 Å². The van der Waals surface area contributed by atoms with Crippen molar-refractivity contribution in [3.8, 4) is 11.5 Å². The highest BCUT2D eigenvalue weighted by Crippen LogP contribution is 2.41. The maximum Gasteiger partial charge on any atom is 0.414 e. The number of nitrogens with zero attached hydrogens (tertiary/aromatic N) is 3. The summed E-state index contributed by atoms with van der Waals surface area (Å²) in [7, 11) is 6.24. The molecule has 0 aliphatic rings. The summed E-state index contributed by atoms with van der Waals surface area (Å²) in [5.74, 6) is 0.450. The molecule has 2 rings (SSSR count). The second kappa shape index (κ2) is 11.3. The highest BCUT2D eigenvalue weighted by molar-refractivity contribution is 5.72. The van der Waals surface area contributed by atoms with E-state index in [4.69, 9.17) is 9.47 Å². The van der Waals surface area contributed by atoms with Gasteiger partial charge in [0.25, 0.3) is 0 Å². The van der Waals surface area contributed by atoms with E-state index in [1.165, 1.54) is 36.0 Å². The van der Waals surface area contributed by atoms with Crippen LogP contribution in [0.3, 0.4) is 0 Å². The van der Waals surface area contributed by atoms with E-state index in [2.05, 4.69) is 6.92 Å². The largest absolute Gasteiger partial charge is 0.414 e. The van der Waals surface area contributed by atoms with Gasteiger partial charge in [-0.15, -0.1) is 0 Å². The monoisotopic (exact) mass is 457 g/mol. The van der Waals surface area contributed by atoms with Crippen molar-refractivity contribution in [2.75, 3.05) is 28.2 Å². The molecule has 0 aromatic heterocycles. The van der Waals surface area contributed by atoms with E-state index in [1.54, 1.807) is 32.3 Å². The van der Waals surface area contributed by atoms with Crippen molar-refractivity contribution in [3.63, 3.8) is 0 Å². The quantitative estimate of drug-likeness (QED) is 0.388. The Hall–Kier alpha value is -3.62. The number of nitro groups is 1. The van der Waals surface area contributed by atoms with Crippen molar-refractivity contribution < 1.29 is 24.0 Å². The van der Waals surface area contributed by atoms with Crippen LogP contribution in [0.5, 0.6) is 11.5 Å². The molecule has 9 nitrogen and oxygen atoms in total. The minimum absolute atomic E-state index is 0.00229. The summed E-state index contributed by atoms with van der Waals surface area (Å²) in [6.07, 6.45) is 0.424. The molecule has 0 aliphatic carbocycles. The minimum atomic E-state index is -0.681. The molecular formula is C24H31N3O6. The maximum absolute atomic E-state index is 11.9. The molecule has 0 N–H and O–H groups in total. The predicted octanol–water partition coefficient (Wildman–Crippen LogP) is 5.40. The Morgan fingerprint density at radius 3 is 1.82 bits per heavy atom. The normalized spacial score (nSPS) is 12.4. The van der Waals surface area contributed by atoms with Crippen molar-refractivity contribution in [1.82, 2.24) is 9.80 Å². The van der Waals surface area contributed by atoms with Crippen molar-refractivity contribution >= 4 is 17.9 Å². The molecule has 2 aromatic carbocycles. The Balaban J connectivity index is 2.35. The fraction of sp³-hybridized carbons (Fsp3) is 0.417. The highest BCUT2D eigenvalue weighted by Gasteiger charge is 2.26. The number of hydrogen-bond acceptors (Lipinski definition) is 6. The molecule has 178 valence electrons. The van der Waals surface area contributed by atoms with E-state index in [1.807, 2.05) is 19.1 Å². The molecular weight excluding hydrogens is 426 g/mol. The summed E-state index contributed by atoms with van der Waals surface area (Å²) in [5.41, 5.74) is 1.59. The first-order valence-corrected chi connectivity index (χ1v) is 10.8. The number of rotatable bonds is 8. The van der Waals surface area contributed by atoms with Crippen LogP contribution in [0, 0.1) is 10.1 Å². The van der Waals surface area contributed by atoms with Crippen LogP contribution in [0.15, 0.2) is 42.5 Å². The van der Waals surface area contributed by atoms with Crippen molar-refractivity contribution in [1.29, 1.82) is 0 Å². The maximum atomic E-state index is 11.9. The smallest absolute Gasteiger partial charge is 0.410 e. The number of carbonyl (C=O) groups is 2. The molecule has 0 radical (unpaired) electrons. The SMILES string of the molecule is CCC(c1ccc(OC(=O)N(C)C)cc1)C(CC)c1ccc(OC(=O)N(C)C)c([N+](=O)[O-])c1. The lowest BCUT2D eigenvalue weighted by molar-refractivity contribution is -0.385. The number of carbonyl (C=O) groups excluding carboxylic acids is 2. The lowest BCUT2D eigenvalue weighted by atomic mass is 9.78. The first-order chi connectivity index (χ1) is 15.6. The Labute approximate surface area is 194 Å². The molecule has 9 heteroatoms. The summed E-state index contributed by atoms with van der Waals surface area (Å²) in [6.45, 7) is 4.10. The van der Waals surface area contributed by atoms with E-state index in [0.717, 1.165) is 24.0 Å². The molecule has 0 aliphatic heterocycles. The van der Waals surface area contributed by atoms with Gasteiger partial charge < -0.3 is 19.3 Å². The van der Waals surface area contributed by atoms with Crippen LogP contribution in [-0.2, 0) is 0 Å². The van der Waals surface area contributed by atoms with Gasteiger partial charge >= 0.3 is 17.9 Å². The van der Waals surface area contributed by atoms with Crippen LogP contribution in [0.2, 0.25) is 0 Å². The van der Waals surface area contributed by atoms with Gasteiger partial charge in [-0.3, -0.25) is 10.1 Å². The van der Waals surface area contributed by atoms with Gasteiger partial charge in [0.15, 0.2) is 0 Å². The van der Waals surface area contributed by atoms with E-state index < -0.39 is 17.1 Å². The van der Waals surface area contributed by atoms with Crippen LogP contribution in [0.25, 0.3) is 0 Å². The van der Waals surface area contributed by atoms with Gasteiger partial charge in [0.2, 0.25) is 5.75 Å². The third-order valence-electron chi connectivity index (χ3n) is 5.41. The fourth-order valence-electron chi connectivity index (χ4n) is 3.66. The van der Waals surface area contributed by atoms with Gasteiger partial charge in [-0.1, -0.05) is 32.0 Å². The number of benzene rings is 2. The van der Waals surface area contributed by atoms with Gasteiger partial charge in [0, 0.05) is 34.3 Å². The van der Waals surface area contributed by atoms with Crippen molar-refractivity contribution in [2.45, 2.75) is 38.5 Å². The third kappa shape index (κ3) is 6.44. The fourth-order valence-corrected chi connectivity index (χ4v) is 3.66. The van der Waals surface area contributed by atoms with Crippen molar-refractivity contribution in [3.05, 3.63) is 63.7 Å². The average molecular weight is 458 g/mol. The molecule has 2 aromatic rings. The van der Waals surface area contributed by atoms with Gasteiger partial charge in [-0.25, -0.2) is 9.59 Å². The summed E-state index contributed by atoms with van der Waals surface area (Å²) >= 11 is 0. The van der Waals surface area contributed by atoms with Crippen LogP contribution >= 0.6 is 0 Å². The van der Waals surface area contributed by atoms with E-state index in [9.17, 15) is 19.7 Å². The third-order valence-corrected chi connectivity index (χ3v) is 5.41. The second-order valence-electron chi connectivity index (χ2n) is 8.11. The van der Waals surface area contributed by atoms with Crippen LogP contribution in [0.1, 0.15) is 49.7 Å². The molecule has 33 heavy (non-hydrogen) atoms. The minimum Gasteiger partial charge on any atom is -0.410 e. The number of amides is 2. The molecule has 0 spiro atoms. The molecule has 0 fully saturated rings. The predicted molar refractivity (Wildman–Crippen MR) is 125 cm³/mol. The van der Waals surface area contributed by atoms with Gasteiger partial charge in [-0.05, 0) is 54.0 Å². The van der Waals surface area contributed by atoms with E-state index in [0.29, 0.717) is 5.75 Å². The standard InChI is InChI=1S/C24H31N3O6/c1-7-19(16-9-12-18(13-10-16)32-23(28)25(3)4)20(8-2)17-11-14-22(21(15-17)27(30)31)33-24(29)26(5)6/h9-15,19-20H,7-8H2,1-6H3. The first kappa shape index (κ1) is 25.6. The number of hydrogen-bond donors (Lipinski definition) is 0. The van der Waals surface area contributed by atoms with E-state index in [-0.39, 0.29) is 23.3 Å². The van der Waals surface area contributed by atoms with Gasteiger partial charge in [0.1, 0.15) is 5.75 Å². The molecule has 2 amide bonds. The Kier molecular flexibility index (Phi) is 8.78. The highest BCUT2D eigenvalue weighted by atomic mass is 16.6. The summed E-state index contributed by atoms with van der Waals surface area (Å²) in [5, 5.41) is 11.7.